The molecule has 1 spiro atoms. The van der Waals surface area contributed by atoms with Crippen LogP contribution in [0.2, 0.25) is 0 Å². The van der Waals surface area contributed by atoms with Gasteiger partial charge in [-0.25, -0.2) is 9.59 Å². The van der Waals surface area contributed by atoms with E-state index in [2.05, 4.69) is 21.2 Å². The van der Waals surface area contributed by atoms with Crippen molar-refractivity contribution in [3.8, 4) is 0 Å². The number of carbonyl (C=O) groups is 2. The van der Waals surface area contributed by atoms with E-state index < -0.39 is 24.3 Å². The third kappa shape index (κ3) is 11.1. The fourth-order valence-electron chi connectivity index (χ4n) is 4.21. The van der Waals surface area contributed by atoms with Gasteiger partial charge in [-0.2, -0.15) is 31.4 Å². The number of aromatic nitrogens is 3. The molecule has 16 heteroatoms. The van der Waals surface area contributed by atoms with E-state index in [1.54, 1.807) is 0 Å². The second-order valence-corrected chi connectivity index (χ2v) is 9.34. The quantitative estimate of drug-likeness (QED) is 0.506. The van der Waals surface area contributed by atoms with Crippen molar-refractivity contribution >= 4 is 11.9 Å². The van der Waals surface area contributed by atoms with E-state index in [4.69, 9.17) is 29.3 Å². The van der Waals surface area contributed by atoms with Crippen molar-refractivity contribution in [2.75, 3.05) is 19.7 Å². The molecule has 2 aromatic heterocycles. The van der Waals surface area contributed by atoms with Gasteiger partial charge in [0.15, 0.2) is 0 Å². The summed E-state index contributed by atoms with van der Waals surface area (Å²) in [6.45, 7) is 6.30. The summed E-state index contributed by atoms with van der Waals surface area (Å²) in [5, 5.41) is 18.5. The highest BCUT2D eigenvalue weighted by molar-refractivity contribution is 5.73. The number of alkyl halides is 6. The van der Waals surface area contributed by atoms with Crippen molar-refractivity contribution in [2.45, 2.75) is 63.4 Å². The Morgan fingerprint density at radius 2 is 1.77 bits per heavy atom. The van der Waals surface area contributed by atoms with Crippen molar-refractivity contribution in [2.24, 2.45) is 7.05 Å². The van der Waals surface area contributed by atoms with Crippen LogP contribution in [0.5, 0.6) is 0 Å². The molecule has 0 bridgehead atoms. The molecule has 2 aromatic rings. The third-order valence-corrected chi connectivity index (χ3v) is 5.86. The minimum absolute atomic E-state index is 0.0504. The van der Waals surface area contributed by atoms with Crippen LogP contribution < -0.4 is 0 Å². The van der Waals surface area contributed by atoms with Crippen molar-refractivity contribution in [3.05, 3.63) is 47.5 Å². The number of nitrogens with zero attached hydrogens (tertiary/aromatic N) is 4. The molecule has 0 radical (unpaired) electrons. The van der Waals surface area contributed by atoms with E-state index in [-0.39, 0.29) is 11.7 Å². The molecule has 2 fully saturated rings. The predicted octanol–water partition coefficient (Wildman–Crippen LogP) is 3.73. The molecule has 2 atom stereocenters. The fraction of sp³-hybridized carbons (Fsp3) is 0.583. The minimum Gasteiger partial charge on any atom is -0.475 e. The first-order chi connectivity index (χ1) is 18.5. The van der Waals surface area contributed by atoms with Crippen molar-refractivity contribution in [1.82, 2.24) is 19.7 Å². The number of aryl methyl sites for hydroxylation is 2. The van der Waals surface area contributed by atoms with Crippen LogP contribution in [-0.2, 0) is 39.3 Å². The molecular formula is C24H30F6N4O6. The normalized spacial score (nSPS) is 21.2. The molecule has 0 saturated carbocycles. The summed E-state index contributed by atoms with van der Waals surface area (Å²) in [6, 6.07) is 6.07. The molecule has 2 aliphatic rings. The standard InChI is InChI=1S/C20H28N4O2.2C2HF3O2/c1-16-5-3-6-18(22-16)13-25-19-9-20(26-14-19)7-4-8-24(15-20)12-17-10-21-23(2)11-17;2*3-2(4,5)1(6)7/h3,5-6,10-11,19H,4,7-9,12-15H2,1-2H3;2*(H,6,7)/t19-,20+;;/m1../s1. The number of rotatable bonds is 5. The molecule has 224 valence electrons. The van der Waals surface area contributed by atoms with Gasteiger partial charge < -0.3 is 19.7 Å². The Morgan fingerprint density at radius 3 is 2.30 bits per heavy atom. The van der Waals surface area contributed by atoms with E-state index >= 15 is 0 Å². The second-order valence-electron chi connectivity index (χ2n) is 9.34. The van der Waals surface area contributed by atoms with Gasteiger partial charge in [-0.1, -0.05) is 6.07 Å². The number of carboxylic acid groups (broad SMARTS) is 2. The SMILES string of the molecule is Cc1cccc(CO[C@H]2CO[C@@]3(CCCN(Cc4cnn(C)c4)C3)C2)n1.O=C(O)C(F)(F)F.O=C(O)C(F)(F)F. The zero-order valence-electron chi connectivity index (χ0n) is 21.7. The Morgan fingerprint density at radius 1 is 1.15 bits per heavy atom. The Kier molecular flexibility index (Phi) is 11.5. The van der Waals surface area contributed by atoms with E-state index in [0.717, 1.165) is 43.9 Å². The zero-order valence-corrected chi connectivity index (χ0v) is 21.7. The van der Waals surface area contributed by atoms with Crippen LogP contribution in [-0.4, -0.2) is 85.6 Å². The van der Waals surface area contributed by atoms with Crippen LogP contribution in [0, 0.1) is 6.92 Å². The molecule has 4 heterocycles. The number of aliphatic carboxylic acids is 2. The number of hydrogen-bond acceptors (Lipinski definition) is 7. The molecule has 10 nitrogen and oxygen atoms in total. The maximum absolute atomic E-state index is 10.6. The van der Waals surface area contributed by atoms with E-state index in [0.29, 0.717) is 13.2 Å². The molecule has 4 rings (SSSR count). The maximum atomic E-state index is 10.6. The summed E-state index contributed by atoms with van der Waals surface area (Å²) in [7, 11) is 1.96. The topological polar surface area (TPSA) is 127 Å². The van der Waals surface area contributed by atoms with Gasteiger partial charge in [0.1, 0.15) is 0 Å². The van der Waals surface area contributed by atoms with Gasteiger partial charge in [0.2, 0.25) is 0 Å². The predicted molar refractivity (Wildman–Crippen MR) is 126 cm³/mol. The average molecular weight is 585 g/mol. The summed E-state index contributed by atoms with van der Waals surface area (Å²) in [5.74, 6) is -5.51. The summed E-state index contributed by atoms with van der Waals surface area (Å²) in [6.07, 6.45) is -2.68. The molecule has 40 heavy (non-hydrogen) atoms. The lowest BCUT2D eigenvalue weighted by atomic mass is 9.89. The maximum Gasteiger partial charge on any atom is 0.490 e. The van der Waals surface area contributed by atoms with Gasteiger partial charge in [-0.05, 0) is 38.4 Å². The lowest BCUT2D eigenvalue weighted by molar-refractivity contribution is -0.193. The van der Waals surface area contributed by atoms with Crippen LogP contribution in [0.3, 0.4) is 0 Å². The van der Waals surface area contributed by atoms with E-state index in [9.17, 15) is 26.3 Å². The Labute approximate surface area is 225 Å². The number of halogens is 6. The molecule has 2 aliphatic heterocycles. The van der Waals surface area contributed by atoms with Crippen LogP contribution in [0.4, 0.5) is 26.3 Å². The monoisotopic (exact) mass is 584 g/mol. The van der Waals surface area contributed by atoms with Gasteiger partial charge in [-0.15, -0.1) is 0 Å². The number of piperidine rings is 1. The smallest absolute Gasteiger partial charge is 0.475 e. The number of hydrogen-bond donors (Lipinski definition) is 2. The molecule has 0 amide bonds. The molecule has 0 aliphatic carbocycles. The lowest BCUT2D eigenvalue weighted by Crippen LogP contribution is -2.47. The van der Waals surface area contributed by atoms with Gasteiger partial charge >= 0.3 is 24.3 Å². The van der Waals surface area contributed by atoms with Crippen molar-refractivity contribution in [3.63, 3.8) is 0 Å². The van der Waals surface area contributed by atoms with Gasteiger partial charge in [0.25, 0.3) is 0 Å². The number of pyridine rings is 1. The van der Waals surface area contributed by atoms with E-state index in [1.165, 1.54) is 12.0 Å². The Balaban J connectivity index is 0.000000333. The number of ether oxygens (including phenoxy) is 2. The number of carboxylic acids is 2. The molecule has 0 aromatic carbocycles. The van der Waals surface area contributed by atoms with Crippen LogP contribution in [0.15, 0.2) is 30.6 Å². The highest BCUT2D eigenvalue weighted by Crippen LogP contribution is 2.36. The minimum atomic E-state index is -5.08. The highest BCUT2D eigenvalue weighted by Gasteiger charge is 2.44. The lowest BCUT2D eigenvalue weighted by Gasteiger charge is -2.39. The van der Waals surface area contributed by atoms with E-state index in [1.807, 2.05) is 43.0 Å². The van der Waals surface area contributed by atoms with Crippen molar-refractivity contribution < 1.29 is 55.6 Å². The zero-order chi connectivity index (χ0) is 30.1. The van der Waals surface area contributed by atoms with Gasteiger partial charge in [-0.3, -0.25) is 14.6 Å². The third-order valence-electron chi connectivity index (χ3n) is 5.86. The molecule has 2 saturated heterocycles. The first kappa shape index (κ1) is 33.0. The van der Waals surface area contributed by atoms with Crippen LogP contribution in [0.1, 0.15) is 36.2 Å². The first-order valence-electron chi connectivity index (χ1n) is 12.0. The Bertz CT molecular complexity index is 1100. The van der Waals surface area contributed by atoms with Crippen LogP contribution >= 0.6 is 0 Å². The first-order valence-corrected chi connectivity index (χ1v) is 12.0. The van der Waals surface area contributed by atoms with Gasteiger partial charge in [0, 0.05) is 44.0 Å². The number of likely N-dealkylation sites (tertiary alicyclic amines) is 1. The molecular weight excluding hydrogens is 554 g/mol. The largest absolute Gasteiger partial charge is 0.490 e. The summed E-state index contributed by atoms with van der Waals surface area (Å²) < 4.78 is 77.7. The van der Waals surface area contributed by atoms with Gasteiger partial charge in [0.05, 0.1) is 36.8 Å². The second kappa shape index (κ2) is 13.9. The van der Waals surface area contributed by atoms with Crippen LogP contribution in [0.25, 0.3) is 0 Å². The summed E-state index contributed by atoms with van der Waals surface area (Å²) in [5.41, 5.74) is 3.24. The summed E-state index contributed by atoms with van der Waals surface area (Å²) >= 11 is 0. The highest BCUT2D eigenvalue weighted by atomic mass is 19.4. The molecule has 2 N–H and O–H groups in total. The Hall–Kier alpha value is -3.24. The van der Waals surface area contributed by atoms with Crippen molar-refractivity contribution in [1.29, 1.82) is 0 Å². The fourth-order valence-corrected chi connectivity index (χ4v) is 4.21. The average Bonchev–Trinajstić information content (AvgIpc) is 3.43. The summed E-state index contributed by atoms with van der Waals surface area (Å²) in [4.78, 5) is 24.8. The molecule has 0 unspecified atom stereocenters.